The van der Waals surface area contributed by atoms with Gasteiger partial charge in [-0.05, 0) is 87.1 Å². The predicted octanol–water partition coefficient (Wildman–Crippen LogP) is 1.52. The van der Waals surface area contributed by atoms with Crippen molar-refractivity contribution in [1.29, 1.82) is 0 Å². The number of piperidine rings is 1. The Balaban J connectivity index is 0.713. The van der Waals surface area contributed by atoms with Gasteiger partial charge in [-0.2, -0.15) is 0 Å². The van der Waals surface area contributed by atoms with E-state index in [4.69, 9.17) is 9.47 Å². The Labute approximate surface area is 338 Å². The van der Waals surface area contributed by atoms with Crippen LogP contribution in [-0.2, 0) is 29.5 Å². The average molecular weight is 811 g/mol. The van der Waals surface area contributed by atoms with Gasteiger partial charge in [-0.1, -0.05) is 0 Å². The van der Waals surface area contributed by atoms with Gasteiger partial charge < -0.3 is 36.1 Å². The van der Waals surface area contributed by atoms with Gasteiger partial charge >= 0.3 is 0 Å². The van der Waals surface area contributed by atoms with Gasteiger partial charge in [-0.15, -0.1) is 0 Å². The summed E-state index contributed by atoms with van der Waals surface area (Å²) in [6, 6.07) is 7.02. The molecule has 3 fully saturated rings. The van der Waals surface area contributed by atoms with Crippen molar-refractivity contribution < 1.29 is 38.2 Å². The van der Waals surface area contributed by atoms with E-state index in [1.807, 2.05) is 6.92 Å². The molecule has 0 bridgehead atoms. The molecule has 1 saturated heterocycles. The van der Waals surface area contributed by atoms with E-state index in [1.165, 1.54) is 25.2 Å². The molecule has 3 aliphatic heterocycles. The molecule has 2 spiro atoms. The number of carbonyl (C=O) groups is 6. The van der Waals surface area contributed by atoms with Crippen LogP contribution in [0, 0.1) is 12.3 Å². The summed E-state index contributed by atoms with van der Waals surface area (Å²) in [4.78, 5) is 98.4. The number of rotatable bonds is 16. The summed E-state index contributed by atoms with van der Waals surface area (Å²) in [5.41, 5.74) is 1.79. The lowest BCUT2D eigenvalue weighted by molar-refractivity contribution is -0.136. The van der Waals surface area contributed by atoms with Gasteiger partial charge in [0.1, 0.15) is 41.0 Å². The molecule has 1 aromatic carbocycles. The standard InChI is InChI=1S/C40H46N10O9/c1-23-18-27(38(57)50-33(23)35(54)48-40(50)10-8-39(6-7-39)9-11-40)46-30-20-29(44-22-45-30)43-21-32(52)42-13-15-59-17-16-58-14-12-41-24-2-3-25-26(19-24)37(56)49(36(25)55)28-4-5-31(51)47-34(28)53/h2-3,18-20,22,28,41H,4-17,21H2,1H3,(H,42,52)(H,48,54)(H,47,51,53)(H2,43,44,45,46). The third-order valence-corrected chi connectivity index (χ3v) is 11.8. The molecule has 1 atom stereocenters. The number of benzene rings is 1. The van der Waals surface area contributed by atoms with E-state index in [0.717, 1.165) is 30.6 Å². The molecule has 5 aliphatic rings. The number of fused-ring (bicyclic) bond motifs is 3. The number of anilines is 4. The molecule has 5 heterocycles. The van der Waals surface area contributed by atoms with Crippen LogP contribution in [0.25, 0.3) is 0 Å². The molecule has 59 heavy (non-hydrogen) atoms. The van der Waals surface area contributed by atoms with Crippen molar-refractivity contribution >= 4 is 58.5 Å². The number of amides is 6. The molecule has 19 nitrogen and oxygen atoms in total. The largest absolute Gasteiger partial charge is 0.383 e. The molecular weight excluding hydrogens is 765 g/mol. The zero-order valence-corrected chi connectivity index (χ0v) is 32.6. The normalized spacial score (nSPS) is 19.6. The maximum Gasteiger partial charge on any atom is 0.276 e. The summed E-state index contributed by atoms with van der Waals surface area (Å²) in [6.07, 6.45) is 7.34. The molecule has 0 radical (unpaired) electrons. The van der Waals surface area contributed by atoms with Crippen molar-refractivity contribution in [2.45, 2.75) is 70.0 Å². The van der Waals surface area contributed by atoms with Crippen LogP contribution in [0.3, 0.4) is 0 Å². The summed E-state index contributed by atoms with van der Waals surface area (Å²) >= 11 is 0. The van der Waals surface area contributed by atoms with Crippen LogP contribution < -0.4 is 37.5 Å². The van der Waals surface area contributed by atoms with E-state index >= 15 is 0 Å². The Hall–Kier alpha value is -6.21. The number of pyridine rings is 1. The number of ether oxygens (including phenoxy) is 2. The molecule has 2 aliphatic carbocycles. The molecule has 2 aromatic heterocycles. The van der Waals surface area contributed by atoms with Crippen LogP contribution in [0.4, 0.5) is 23.0 Å². The number of nitrogens with one attached hydrogen (secondary N) is 6. The number of nitrogens with zero attached hydrogens (tertiary/aromatic N) is 4. The highest BCUT2D eigenvalue weighted by Crippen LogP contribution is 2.59. The highest BCUT2D eigenvalue weighted by atomic mass is 16.5. The molecule has 8 rings (SSSR count). The Kier molecular flexibility index (Phi) is 10.9. The zero-order valence-electron chi connectivity index (χ0n) is 32.6. The Morgan fingerprint density at radius 2 is 1.56 bits per heavy atom. The lowest BCUT2D eigenvalue weighted by Crippen LogP contribution is -2.54. The van der Waals surface area contributed by atoms with Crippen LogP contribution in [0.2, 0.25) is 0 Å². The van der Waals surface area contributed by atoms with Crippen LogP contribution >= 0.6 is 0 Å². The van der Waals surface area contributed by atoms with Crippen molar-refractivity contribution in [2.75, 3.05) is 62.0 Å². The Morgan fingerprint density at radius 3 is 2.31 bits per heavy atom. The molecule has 310 valence electrons. The topological polar surface area (TPSA) is 244 Å². The first kappa shape index (κ1) is 39.6. The SMILES string of the molecule is Cc1cc(Nc2cc(NCC(=O)NCCOCCOCCNc3ccc4c(c3)C(=O)N(C3CCC(=O)NC3=O)C4=O)ncn2)c(=O)n2c1C(=O)NC21CCC2(CC2)CC1. The van der Waals surface area contributed by atoms with Gasteiger partial charge in [0.15, 0.2) is 0 Å². The maximum absolute atomic E-state index is 13.8. The Morgan fingerprint density at radius 1 is 0.847 bits per heavy atom. The van der Waals surface area contributed by atoms with Gasteiger partial charge in [0.2, 0.25) is 17.7 Å². The first-order chi connectivity index (χ1) is 28.5. The van der Waals surface area contributed by atoms with Crippen molar-refractivity contribution in [1.82, 2.24) is 35.4 Å². The minimum absolute atomic E-state index is 0.0537. The fourth-order valence-electron chi connectivity index (χ4n) is 8.40. The zero-order chi connectivity index (χ0) is 41.3. The molecule has 2 saturated carbocycles. The highest BCUT2D eigenvalue weighted by Gasteiger charge is 2.54. The smallest absolute Gasteiger partial charge is 0.276 e. The molecule has 3 aromatic rings. The van der Waals surface area contributed by atoms with E-state index in [-0.39, 0.29) is 61.0 Å². The lowest BCUT2D eigenvalue weighted by atomic mass is 9.79. The number of hydrogen-bond donors (Lipinski definition) is 6. The lowest BCUT2D eigenvalue weighted by Gasteiger charge is -2.39. The van der Waals surface area contributed by atoms with Crippen molar-refractivity contribution in [3.8, 4) is 0 Å². The van der Waals surface area contributed by atoms with Gasteiger partial charge in [0.25, 0.3) is 23.3 Å². The van der Waals surface area contributed by atoms with Crippen molar-refractivity contribution in [2.24, 2.45) is 5.41 Å². The van der Waals surface area contributed by atoms with Crippen molar-refractivity contribution in [3.63, 3.8) is 0 Å². The monoisotopic (exact) mass is 810 g/mol. The van der Waals surface area contributed by atoms with E-state index in [9.17, 15) is 33.6 Å². The summed E-state index contributed by atoms with van der Waals surface area (Å²) < 4.78 is 12.8. The molecular formula is C40H46N10O9. The van der Waals surface area contributed by atoms with Crippen LogP contribution in [0.1, 0.15) is 88.1 Å². The minimum Gasteiger partial charge on any atom is -0.383 e. The molecule has 6 N–H and O–H groups in total. The first-order valence-electron chi connectivity index (χ1n) is 19.9. The highest BCUT2D eigenvalue weighted by molar-refractivity contribution is 6.23. The predicted molar refractivity (Wildman–Crippen MR) is 211 cm³/mol. The average Bonchev–Trinajstić information content (AvgIpc) is 3.86. The fourth-order valence-corrected chi connectivity index (χ4v) is 8.40. The quantitative estimate of drug-likeness (QED) is 0.0888. The maximum atomic E-state index is 13.8. The van der Waals surface area contributed by atoms with Gasteiger partial charge in [-0.3, -0.25) is 48.3 Å². The van der Waals surface area contributed by atoms with Crippen LogP contribution in [-0.4, -0.2) is 107 Å². The number of hydrogen-bond acceptors (Lipinski definition) is 14. The Bertz CT molecular complexity index is 2280. The molecule has 6 amide bonds. The van der Waals surface area contributed by atoms with Gasteiger partial charge in [-0.25, -0.2) is 9.97 Å². The fraction of sp³-hybridized carbons (Fsp3) is 0.475. The molecule has 1 unspecified atom stereocenters. The van der Waals surface area contributed by atoms with Gasteiger partial charge in [0.05, 0.1) is 44.1 Å². The number of carbonyl (C=O) groups excluding carboxylic acids is 6. The van der Waals surface area contributed by atoms with Crippen LogP contribution in [0.15, 0.2) is 41.5 Å². The second kappa shape index (κ2) is 16.2. The van der Waals surface area contributed by atoms with E-state index in [1.54, 1.807) is 28.8 Å². The van der Waals surface area contributed by atoms with E-state index in [2.05, 4.69) is 41.9 Å². The van der Waals surface area contributed by atoms with Gasteiger partial charge in [0, 0.05) is 31.3 Å². The summed E-state index contributed by atoms with van der Waals surface area (Å²) in [6.45, 7) is 3.68. The van der Waals surface area contributed by atoms with Crippen LogP contribution in [0.5, 0.6) is 0 Å². The van der Waals surface area contributed by atoms with E-state index < -0.39 is 35.3 Å². The second-order valence-electron chi connectivity index (χ2n) is 15.7. The number of aromatic nitrogens is 3. The second-order valence-corrected chi connectivity index (χ2v) is 15.7. The summed E-state index contributed by atoms with van der Waals surface area (Å²) in [5, 5.41) is 17.3. The third-order valence-electron chi connectivity index (χ3n) is 11.8. The summed E-state index contributed by atoms with van der Waals surface area (Å²) in [7, 11) is 0. The molecule has 19 heteroatoms. The van der Waals surface area contributed by atoms with E-state index in [0.29, 0.717) is 66.0 Å². The minimum atomic E-state index is -1.02. The summed E-state index contributed by atoms with van der Waals surface area (Å²) in [5.74, 6) is -1.97. The third kappa shape index (κ3) is 8.11. The number of aryl methyl sites for hydroxylation is 1. The van der Waals surface area contributed by atoms with Crippen molar-refractivity contribution in [3.05, 3.63) is 69.4 Å². The first-order valence-corrected chi connectivity index (χ1v) is 19.9. The number of imide groups is 2.